The van der Waals surface area contributed by atoms with E-state index in [1.165, 1.54) is 23.6 Å². The summed E-state index contributed by atoms with van der Waals surface area (Å²) >= 11 is 4.86. The summed E-state index contributed by atoms with van der Waals surface area (Å²) in [7, 11) is 0. The molecule has 0 spiro atoms. The Labute approximate surface area is 97.3 Å². The average molecular weight is 287 g/mol. The number of nitrogens with one attached hydrogen (secondary N) is 1. The van der Waals surface area contributed by atoms with Crippen LogP contribution in [0.1, 0.15) is 4.88 Å². The average Bonchev–Trinajstić information content (AvgIpc) is 2.58. The van der Waals surface area contributed by atoms with E-state index in [1.54, 1.807) is 0 Å². The summed E-state index contributed by atoms with van der Waals surface area (Å²) in [6.07, 6.45) is 1.35. The summed E-state index contributed by atoms with van der Waals surface area (Å²) in [5, 5.41) is 1.90. The number of nitrogens with zero attached hydrogens (tertiary/aromatic N) is 1. The molecule has 2 aromatic rings. The van der Waals surface area contributed by atoms with E-state index in [2.05, 4.69) is 20.9 Å². The highest BCUT2D eigenvalue weighted by molar-refractivity contribution is 9.10. The quantitative estimate of drug-likeness (QED) is 0.908. The fraction of sp³-hybridized carbons (Fsp3) is 0.111. The van der Waals surface area contributed by atoms with Gasteiger partial charge in [0.15, 0.2) is 0 Å². The van der Waals surface area contributed by atoms with Crippen LogP contribution < -0.4 is 11.2 Å². The summed E-state index contributed by atoms with van der Waals surface area (Å²) in [6.45, 7) is 0.299. The molecule has 4 nitrogen and oxygen atoms in total. The van der Waals surface area contributed by atoms with Crippen molar-refractivity contribution in [2.24, 2.45) is 0 Å². The molecule has 0 fully saturated rings. The highest BCUT2D eigenvalue weighted by Gasteiger charge is 2.05. The Morgan fingerprint density at radius 1 is 1.40 bits per heavy atom. The topological polar surface area (TPSA) is 54.9 Å². The van der Waals surface area contributed by atoms with Crippen LogP contribution in [0.25, 0.3) is 0 Å². The first-order chi connectivity index (χ1) is 7.18. The van der Waals surface area contributed by atoms with Crippen LogP contribution in [-0.4, -0.2) is 9.55 Å². The van der Waals surface area contributed by atoms with E-state index in [9.17, 15) is 9.59 Å². The second kappa shape index (κ2) is 4.16. The van der Waals surface area contributed by atoms with Crippen LogP contribution in [-0.2, 0) is 6.54 Å². The molecule has 0 atom stereocenters. The van der Waals surface area contributed by atoms with Gasteiger partial charge in [0.05, 0.1) is 6.54 Å². The van der Waals surface area contributed by atoms with Crippen LogP contribution in [0, 0.1) is 0 Å². The zero-order valence-electron chi connectivity index (χ0n) is 7.57. The van der Waals surface area contributed by atoms with Crippen LogP contribution >= 0.6 is 27.3 Å². The minimum atomic E-state index is -0.386. The van der Waals surface area contributed by atoms with Crippen LogP contribution in [0.3, 0.4) is 0 Å². The van der Waals surface area contributed by atoms with Gasteiger partial charge in [-0.1, -0.05) is 0 Å². The number of aromatic nitrogens is 2. The van der Waals surface area contributed by atoms with Gasteiger partial charge in [0.25, 0.3) is 5.56 Å². The van der Waals surface area contributed by atoms with Gasteiger partial charge in [-0.05, 0) is 27.4 Å². The first kappa shape index (κ1) is 10.4. The van der Waals surface area contributed by atoms with E-state index >= 15 is 0 Å². The molecule has 0 aliphatic carbocycles. The Morgan fingerprint density at radius 2 is 2.20 bits per heavy atom. The minimum absolute atomic E-state index is 0.293. The van der Waals surface area contributed by atoms with Gasteiger partial charge in [0.1, 0.15) is 0 Å². The summed E-state index contributed by atoms with van der Waals surface area (Å²) < 4.78 is 2.08. The Balaban J connectivity index is 2.45. The van der Waals surface area contributed by atoms with Gasteiger partial charge in [0.2, 0.25) is 0 Å². The molecule has 1 N–H and O–H groups in total. The fourth-order valence-corrected chi connectivity index (χ4v) is 2.65. The largest absolute Gasteiger partial charge is 0.328 e. The predicted octanol–water partition coefficient (Wildman–Crippen LogP) is 1.41. The maximum atomic E-state index is 11.4. The summed E-state index contributed by atoms with van der Waals surface area (Å²) in [5.74, 6) is 0. The molecular weight excluding hydrogens is 280 g/mol. The smallest absolute Gasteiger partial charge is 0.314 e. The Hall–Kier alpha value is -1.14. The van der Waals surface area contributed by atoms with Crippen molar-refractivity contribution in [3.63, 3.8) is 0 Å². The number of hydrogen-bond acceptors (Lipinski definition) is 3. The van der Waals surface area contributed by atoms with E-state index in [0.29, 0.717) is 6.54 Å². The Bertz CT molecular complexity index is 556. The number of hydrogen-bond donors (Lipinski definition) is 1. The lowest BCUT2D eigenvalue weighted by Gasteiger charge is -2.01. The van der Waals surface area contributed by atoms with E-state index in [4.69, 9.17) is 0 Å². The van der Waals surface area contributed by atoms with Gasteiger partial charge in [-0.25, -0.2) is 4.79 Å². The molecule has 0 aromatic carbocycles. The summed E-state index contributed by atoms with van der Waals surface area (Å²) in [6, 6.07) is 3.23. The van der Waals surface area contributed by atoms with Crippen molar-refractivity contribution < 1.29 is 0 Å². The van der Waals surface area contributed by atoms with Crippen LogP contribution in [0.2, 0.25) is 0 Å². The highest BCUT2D eigenvalue weighted by Crippen LogP contribution is 2.22. The number of halogens is 1. The molecule has 78 valence electrons. The molecule has 0 amide bonds. The lowest BCUT2D eigenvalue weighted by molar-refractivity contribution is 0.705. The van der Waals surface area contributed by atoms with E-state index in [1.807, 2.05) is 11.4 Å². The number of aromatic amines is 1. The number of rotatable bonds is 2. The van der Waals surface area contributed by atoms with Gasteiger partial charge in [0, 0.05) is 21.6 Å². The predicted molar refractivity (Wildman–Crippen MR) is 62.4 cm³/mol. The molecule has 0 bridgehead atoms. The van der Waals surface area contributed by atoms with Crippen LogP contribution in [0.15, 0.2) is 37.8 Å². The molecule has 0 unspecified atom stereocenters. The van der Waals surface area contributed by atoms with Gasteiger partial charge in [-0.2, -0.15) is 0 Å². The van der Waals surface area contributed by atoms with E-state index < -0.39 is 0 Å². The van der Waals surface area contributed by atoms with E-state index in [0.717, 1.165) is 13.9 Å². The lowest BCUT2D eigenvalue weighted by Crippen LogP contribution is -2.34. The maximum Gasteiger partial charge on any atom is 0.328 e. The van der Waals surface area contributed by atoms with Crippen LogP contribution in [0.5, 0.6) is 0 Å². The molecule has 0 saturated heterocycles. The van der Waals surface area contributed by atoms with Crippen molar-refractivity contribution in [2.45, 2.75) is 6.54 Å². The van der Waals surface area contributed by atoms with Crippen molar-refractivity contribution >= 4 is 27.3 Å². The summed E-state index contributed by atoms with van der Waals surface area (Å²) in [5.41, 5.74) is -0.679. The monoisotopic (exact) mass is 286 g/mol. The third kappa shape index (κ3) is 2.10. The molecule has 0 radical (unpaired) electrons. The van der Waals surface area contributed by atoms with Gasteiger partial charge in [-0.15, -0.1) is 11.3 Å². The van der Waals surface area contributed by atoms with E-state index in [-0.39, 0.29) is 11.2 Å². The molecule has 2 aromatic heterocycles. The SMILES string of the molecule is O=c1cc[nH]c(=O)n1Cc1sccc1Br. The second-order valence-corrected chi connectivity index (χ2v) is 4.75. The molecule has 0 aliphatic rings. The number of H-pyrrole nitrogens is 1. The standard InChI is InChI=1S/C9H7BrN2O2S/c10-6-2-4-15-7(6)5-12-8(13)1-3-11-9(12)14/h1-4H,5H2,(H,11,14). The van der Waals surface area contributed by atoms with Gasteiger partial charge in [-0.3, -0.25) is 9.36 Å². The third-order valence-electron chi connectivity index (χ3n) is 1.94. The summed E-state index contributed by atoms with van der Waals surface area (Å²) in [4.78, 5) is 26.2. The van der Waals surface area contributed by atoms with Gasteiger partial charge >= 0.3 is 5.69 Å². The molecule has 0 saturated carbocycles. The minimum Gasteiger partial charge on any atom is -0.314 e. The van der Waals surface area contributed by atoms with Crippen molar-refractivity contribution in [3.8, 4) is 0 Å². The first-order valence-corrected chi connectivity index (χ1v) is 5.86. The normalized spacial score (nSPS) is 10.5. The second-order valence-electron chi connectivity index (χ2n) is 2.90. The van der Waals surface area contributed by atoms with Gasteiger partial charge < -0.3 is 4.98 Å². The molecule has 0 aliphatic heterocycles. The number of thiophene rings is 1. The first-order valence-electron chi connectivity index (χ1n) is 4.19. The zero-order valence-corrected chi connectivity index (χ0v) is 9.97. The van der Waals surface area contributed by atoms with Crippen molar-refractivity contribution in [2.75, 3.05) is 0 Å². The zero-order chi connectivity index (χ0) is 10.8. The van der Waals surface area contributed by atoms with Crippen molar-refractivity contribution in [1.29, 1.82) is 0 Å². The molecule has 6 heteroatoms. The Morgan fingerprint density at radius 3 is 2.80 bits per heavy atom. The Kier molecular flexibility index (Phi) is 2.88. The molecular formula is C9H7BrN2O2S. The molecule has 2 heterocycles. The maximum absolute atomic E-state index is 11.4. The fourth-order valence-electron chi connectivity index (χ4n) is 1.18. The molecule has 2 rings (SSSR count). The highest BCUT2D eigenvalue weighted by atomic mass is 79.9. The third-order valence-corrected chi connectivity index (χ3v) is 3.85. The van der Waals surface area contributed by atoms with Crippen molar-refractivity contribution in [1.82, 2.24) is 9.55 Å². The lowest BCUT2D eigenvalue weighted by atomic mass is 10.4. The van der Waals surface area contributed by atoms with Crippen LogP contribution in [0.4, 0.5) is 0 Å². The van der Waals surface area contributed by atoms with Crippen molar-refractivity contribution in [3.05, 3.63) is 53.9 Å². The molecule has 15 heavy (non-hydrogen) atoms.